The van der Waals surface area contributed by atoms with Crippen molar-refractivity contribution in [1.29, 1.82) is 0 Å². The maximum absolute atomic E-state index is 14.0. The zero-order chi connectivity index (χ0) is 27.1. The fourth-order valence-electron chi connectivity index (χ4n) is 4.50. The van der Waals surface area contributed by atoms with Crippen LogP contribution in [0.1, 0.15) is 104 Å². The van der Waals surface area contributed by atoms with Gasteiger partial charge in [-0.3, -0.25) is 9.59 Å². The minimum absolute atomic E-state index is 0.0929. The molecule has 0 radical (unpaired) electrons. The maximum Gasteiger partial charge on any atom is 0.408 e. The molecule has 0 spiro atoms. The molecule has 0 bridgehead atoms. The first kappa shape index (κ1) is 29.4. The number of hydrogen-bond donors (Lipinski definition) is 2. The number of nitrogens with zero attached hydrogens (tertiary/aromatic N) is 1. The number of carbonyl (C=O) groups excluding carboxylic acids is 3. The fraction of sp³-hybridized carbons (Fsp3) is 0.621. The highest BCUT2D eigenvalue weighted by atomic mass is 16.6. The van der Waals surface area contributed by atoms with Gasteiger partial charge in [0.05, 0.1) is 0 Å². The first-order chi connectivity index (χ1) is 16.8. The van der Waals surface area contributed by atoms with E-state index in [0.717, 1.165) is 31.2 Å². The minimum atomic E-state index is -0.891. The van der Waals surface area contributed by atoms with E-state index in [1.807, 2.05) is 45.0 Å². The number of amides is 3. The zero-order valence-corrected chi connectivity index (χ0v) is 23.1. The second-order valence-corrected chi connectivity index (χ2v) is 11.4. The second-order valence-electron chi connectivity index (χ2n) is 11.4. The molecule has 2 rings (SSSR count). The van der Waals surface area contributed by atoms with Crippen molar-refractivity contribution in [2.75, 3.05) is 0 Å². The normalized spacial score (nSPS) is 16.4. The van der Waals surface area contributed by atoms with Gasteiger partial charge in [-0.25, -0.2) is 4.79 Å². The van der Waals surface area contributed by atoms with E-state index < -0.39 is 29.3 Å². The first-order valence-corrected chi connectivity index (χ1v) is 13.1. The Hall–Kier alpha value is -2.83. The van der Waals surface area contributed by atoms with Crippen LogP contribution in [0.15, 0.2) is 30.8 Å². The summed E-state index contributed by atoms with van der Waals surface area (Å²) in [5.41, 5.74) is 0.215. The van der Waals surface area contributed by atoms with E-state index in [4.69, 9.17) is 4.74 Å². The molecule has 2 N–H and O–H groups in total. The topological polar surface area (TPSA) is 87.7 Å². The lowest BCUT2D eigenvalue weighted by atomic mass is 9.90. The highest BCUT2D eigenvalue weighted by molar-refractivity contribution is 5.92. The van der Waals surface area contributed by atoms with Gasteiger partial charge in [0.15, 0.2) is 0 Å². The van der Waals surface area contributed by atoms with E-state index in [2.05, 4.69) is 17.2 Å². The van der Waals surface area contributed by atoms with Crippen LogP contribution in [0.5, 0.6) is 0 Å². The molecule has 0 aromatic heterocycles. The van der Waals surface area contributed by atoms with Gasteiger partial charge in [-0.05, 0) is 78.0 Å². The van der Waals surface area contributed by atoms with E-state index in [0.29, 0.717) is 12.0 Å². The van der Waals surface area contributed by atoms with Crippen molar-refractivity contribution in [1.82, 2.24) is 15.5 Å². The average Bonchev–Trinajstić information content (AvgIpc) is 2.81. The Kier molecular flexibility index (Phi) is 10.1. The quantitative estimate of drug-likeness (QED) is 0.453. The molecule has 1 fully saturated rings. The van der Waals surface area contributed by atoms with Crippen LogP contribution < -0.4 is 10.6 Å². The van der Waals surface area contributed by atoms with Crippen LogP contribution in [0, 0.1) is 0 Å². The molecule has 7 heteroatoms. The van der Waals surface area contributed by atoms with Crippen molar-refractivity contribution in [3.8, 4) is 0 Å². The van der Waals surface area contributed by atoms with Gasteiger partial charge in [-0.2, -0.15) is 0 Å². The van der Waals surface area contributed by atoms with Crippen LogP contribution in [0.2, 0.25) is 0 Å². The van der Waals surface area contributed by atoms with Crippen molar-refractivity contribution in [3.05, 3.63) is 42.0 Å². The third-order valence-corrected chi connectivity index (χ3v) is 6.78. The molecular formula is C29H45N3O4. The molecule has 3 amide bonds. The number of hydrogen-bond acceptors (Lipinski definition) is 4. The molecule has 0 heterocycles. The van der Waals surface area contributed by atoms with Gasteiger partial charge in [0.25, 0.3) is 0 Å². The van der Waals surface area contributed by atoms with E-state index >= 15 is 0 Å². The summed E-state index contributed by atoms with van der Waals surface area (Å²) in [7, 11) is 0. The van der Waals surface area contributed by atoms with Crippen LogP contribution in [0.25, 0.3) is 6.08 Å². The monoisotopic (exact) mass is 499 g/mol. The number of carbonyl (C=O) groups is 3. The van der Waals surface area contributed by atoms with Crippen molar-refractivity contribution in [2.45, 2.75) is 116 Å². The van der Waals surface area contributed by atoms with Gasteiger partial charge in [-0.1, -0.05) is 57.0 Å². The van der Waals surface area contributed by atoms with Gasteiger partial charge in [0.2, 0.25) is 11.8 Å². The average molecular weight is 500 g/mol. The van der Waals surface area contributed by atoms with E-state index in [1.165, 1.54) is 6.42 Å². The lowest BCUT2D eigenvalue weighted by Crippen LogP contribution is -2.59. The summed E-state index contributed by atoms with van der Waals surface area (Å²) in [6.45, 7) is 16.7. The summed E-state index contributed by atoms with van der Waals surface area (Å²) in [4.78, 5) is 42.0. The largest absolute Gasteiger partial charge is 0.444 e. The predicted octanol–water partition coefficient (Wildman–Crippen LogP) is 5.75. The molecule has 0 saturated heterocycles. The number of alkyl carbamates (subject to hydrolysis) is 1. The van der Waals surface area contributed by atoms with Crippen molar-refractivity contribution >= 4 is 24.0 Å². The number of rotatable bonds is 9. The van der Waals surface area contributed by atoms with E-state index in [1.54, 1.807) is 38.7 Å². The SMILES string of the molecule is C=Cc1cccc(C(C(=O)NC2CCCCC2)N(C(=O)C(C)NC(=O)OC(C)(C)C)C(C)(C)CC)c1. The summed E-state index contributed by atoms with van der Waals surface area (Å²) < 4.78 is 5.36. The van der Waals surface area contributed by atoms with E-state index in [9.17, 15) is 14.4 Å². The highest BCUT2D eigenvalue weighted by Gasteiger charge is 2.42. The molecule has 1 saturated carbocycles. The maximum atomic E-state index is 14.0. The Morgan fingerprint density at radius 1 is 1.14 bits per heavy atom. The number of benzene rings is 1. The second kappa shape index (κ2) is 12.4. The molecular weight excluding hydrogens is 454 g/mol. The summed E-state index contributed by atoms with van der Waals surface area (Å²) in [5, 5.41) is 5.89. The molecule has 200 valence electrons. The molecule has 0 aliphatic heterocycles. The van der Waals surface area contributed by atoms with Crippen molar-refractivity contribution < 1.29 is 19.1 Å². The molecule has 1 aromatic carbocycles. The Balaban J connectivity index is 2.48. The number of ether oxygens (including phenoxy) is 1. The summed E-state index contributed by atoms with van der Waals surface area (Å²) in [6, 6.07) is 5.89. The standard InChI is InChI=1S/C29H45N3O4/c1-9-21-15-14-16-22(19-21)24(25(33)31-23-17-12-11-13-18-23)32(29(7,8)10-2)26(34)20(3)30-27(35)36-28(4,5)6/h9,14-16,19-20,23-24H,1,10-13,17-18H2,2-8H3,(H,30,35)(H,31,33). The third-order valence-electron chi connectivity index (χ3n) is 6.78. The number of nitrogens with one attached hydrogen (secondary N) is 2. The Bertz CT molecular complexity index is 929. The lowest BCUT2D eigenvalue weighted by molar-refractivity contribution is -0.149. The van der Waals surface area contributed by atoms with Gasteiger partial charge in [0, 0.05) is 11.6 Å². The van der Waals surface area contributed by atoms with Crippen LogP contribution >= 0.6 is 0 Å². The van der Waals surface area contributed by atoms with Crippen molar-refractivity contribution in [2.24, 2.45) is 0 Å². The molecule has 7 nitrogen and oxygen atoms in total. The van der Waals surface area contributed by atoms with Crippen LogP contribution in [-0.4, -0.2) is 46.0 Å². The first-order valence-electron chi connectivity index (χ1n) is 13.1. The summed E-state index contributed by atoms with van der Waals surface area (Å²) in [5.74, 6) is -0.553. The van der Waals surface area contributed by atoms with E-state index in [-0.39, 0.29) is 17.9 Å². The smallest absolute Gasteiger partial charge is 0.408 e. The zero-order valence-electron chi connectivity index (χ0n) is 23.1. The van der Waals surface area contributed by atoms with Gasteiger partial charge in [-0.15, -0.1) is 0 Å². The van der Waals surface area contributed by atoms with Crippen LogP contribution in [0.4, 0.5) is 4.79 Å². The highest BCUT2D eigenvalue weighted by Crippen LogP contribution is 2.33. The van der Waals surface area contributed by atoms with Crippen LogP contribution in [-0.2, 0) is 14.3 Å². The lowest BCUT2D eigenvalue weighted by Gasteiger charge is -2.44. The molecule has 1 aliphatic carbocycles. The van der Waals surface area contributed by atoms with Crippen molar-refractivity contribution in [3.63, 3.8) is 0 Å². The van der Waals surface area contributed by atoms with Gasteiger partial charge < -0.3 is 20.3 Å². The molecule has 2 atom stereocenters. The molecule has 2 unspecified atom stereocenters. The minimum Gasteiger partial charge on any atom is -0.444 e. The Labute approximate surface area is 217 Å². The molecule has 1 aromatic rings. The summed E-state index contributed by atoms with van der Waals surface area (Å²) >= 11 is 0. The van der Waals surface area contributed by atoms with Gasteiger partial charge >= 0.3 is 6.09 Å². The molecule has 36 heavy (non-hydrogen) atoms. The fourth-order valence-corrected chi connectivity index (χ4v) is 4.50. The van der Waals surface area contributed by atoms with Crippen LogP contribution in [0.3, 0.4) is 0 Å². The Morgan fingerprint density at radius 3 is 2.33 bits per heavy atom. The summed E-state index contributed by atoms with van der Waals surface area (Å²) in [6.07, 6.45) is 6.89. The third kappa shape index (κ3) is 8.10. The van der Waals surface area contributed by atoms with Gasteiger partial charge in [0.1, 0.15) is 17.7 Å². The Morgan fingerprint density at radius 2 is 1.78 bits per heavy atom. The molecule has 1 aliphatic rings. The predicted molar refractivity (Wildman–Crippen MR) is 144 cm³/mol.